The molecular weight excluding hydrogens is 504 g/mol. The Morgan fingerprint density at radius 3 is 2.38 bits per heavy atom. The van der Waals surface area contributed by atoms with Gasteiger partial charge in [-0.05, 0) is 54.3 Å². The Labute approximate surface area is 232 Å². The number of hydrogen-bond donors (Lipinski definition) is 1. The first-order valence-electron chi connectivity index (χ1n) is 13.4. The first kappa shape index (κ1) is 24.3. The molecule has 0 aliphatic carbocycles. The number of benzene rings is 4. The SMILES string of the molecule is Cc1ccc(CCNC(=O)c2ccc(CN3C(=O)C4(COc5cc6c(cc54)OCO6)c4ccccc43)cc2)cc1. The number of anilines is 1. The number of nitrogens with zero attached hydrogens (tertiary/aromatic N) is 1. The summed E-state index contributed by atoms with van der Waals surface area (Å²) in [5.74, 6) is 1.75. The molecule has 3 aliphatic rings. The van der Waals surface area contributed by atoms with Gasteiger partial charge in [0.15, 0.2) is 11.5 Å². The van der Waals surface area contributed by atoms with Gasteiger partial charge < -0.3 is 24.4 Å². The summed E-state index contributed by atoms with van der Waals surface area (Å²) in [6.45, 7) is 3.38. The van der Waals surface area contributed by atoms with Crippen LogP contribution in [0.3, 0.4) is 0 Å². The molecule has 0 fully saturated rings. The zero-order valence-corrected chi connectivity index (χ0v) is 22.1. The Bertz CT molecular complexity index is 1630. The predicted octanol–water partition coefficient (Wildman–Crippen LogP) is 4.92. The van der Waals surface area contributed by atoms with Crippen LogP contribution >= 0.6 is 0 Å². The third-order valence-corrected chi connectivity index (χ3v) is 8.02. The monoisotopic (exact) mass is 532 g/mol. The number of carbonyl (C=O) groups is 2. The maximum Gasteiger partial charge on any atom is 0.251 e. The summed E-state index contributed by atoms with van der Waals surface area (Å²) in [5, 5.41) is 3.00. The highest BCUT2D eigenvalue weighted by atomic mass is 16.7. The van der Waals surface area contributed by atoms with E-state index in [0.29, 0.717) is 35.9 Å². The number of hydrogen-bond acceptors (Lipinski definition) is 5. The zero-order valence-electron chi connectivity index (χ0n) is 22.1. The van der Waals surface area contributed by atoms with E-state index in [1.54, 1.807) is 0 Å². The fourth-order valence-corrected chi connectivity index (χ4v) is 5.84. The smallest absolute Gasteiger partial charge is 0.251 e. The Morgan fingerprint density at radius 1 is 0.850 bits per heavy atom. The molecular formula is C33H28N2O5. The van der Waals surface area contributed by atoms with Crippen LogP contribution in [0.5, 0.6) is 17.2 Å². The Balaban J connectivity index is 1.09. The highest BCUT2D eigenvalue weighted by Gasteiger charge is 2.57. The van der Waals surface area contributed by atoms with Gasteiger partial charge in [-0.25, -0.2) is 0 Å². The molecule has 2 amide bonds. The van der Waals surface area contributed by atoms with Crippen LogP contribution in [0.15, 0.2) is 84.9 Å². The predicted molar refractivity (Wildman–Crippen MR) is 150 cm³/mol. The molecule has 0 saturated heterocycles. The molecule has 200 valence electrons. The van der Waals surface area contributed by atoms with Crippen LogP contribution in [-0.2, 0) is 23.2 Å². The van der Waals surface area contributed by atoms with Gasteiger partial charge in [0.25, 0.3) is 5.91 Å². The number of fused-ring (bicyclic) bond motifs is 5. The summed E-state index contributed by atoms with van der Waals surface area (Å²) >= 11 is 0. The van der Waals surface area contributed by atoms with Gasteiger partial charge in [0.1, 0.15) is 17.8 Å². The molecule has 0 radical (unpaired) electrons. The van der Waals surface area contributed by atoms with Crippen LogP contribution in [0.4, 0.5) is 5.69 Å². The topological polar surface area (TPSA) is 77.1 Å². The second kappa shape index (κ2) is 9.45. The van der Waals surface area contributed by atoms with E-state index >= 15 is 0 Å². The number of ether oxygens (including phenoxy) is 3. The number of aryl methyl sites for hydroxylation is 1. The van der Waals surface area contributed by atoms with Crippen LogP contribution < -0.4 is 24.4 Å². The van der Waals surface area contributed by atoms with Crippen LogP contribution in [0.25, 0.3) is 0 Å². The van der Waals surface area contributed by atoms with Gasteiger partial charge in [0.2, 0.25) is 12.7 Å². The third kappa shape index (κ3) is 3.88. The molecule has 3 heterocycles. The number of rotatable bonds is 6. The summed E-state index contributed by atoms with van der Waals surface area (Å²) in [6.07, 6.45) is 0.775. The minimum absolute atomic E-state index is 0.0377. The van der Waals surface area contributed by atoms with Crippen LogP contribution in [0, 0.1) is 6.92 Å². The molecule has 1 atom stereocenters. The molecule has 0 saturated carbocycles. The van der Waals surface area contributed by atoms with E-state index in [9.17, 15) is 9.59 Å². The number of para-hydroxylation sites is 1. The minimum atomic E-state index is -0.940. The Kier molecular flexibility index (Phi) is 5.73. The normalized spacial score (nSPS) is 18.0. The van der Waals surface area contributed by atoms with Gasteiger partial charge in [-0.3, -0.25) is 9.59 Å². The number of carbonyl (C=O) groups excluding carboxylic acids is 2. The molecule has 1 unspecified atom stereocenters. The lowest BCUT2D eigenvalue weighted by Gasteiger charge is -2.23. The second-order valence-electron chi connectivity index (χ2n) is 10.5. The van der Waals surface area contributed by atoms with Crippen molar-refractivity contribution >= 4 is 17.5 Å². The highest BCUT2D eigenvalue weighted by Crippen LogP contribution is 2.55. The third-order valence-electron chi connectivity index (χ3n) is 8.02. The van der Waals surface area contributed by atoms with Gasteiger partial charge in [-0.1, -0.05) is 60.2 Å². The summed E-state index contributed by atoms with van der Waals surface area (Å²) in [7, 11) is 0. The van der Waals surface area contributed by atoms with Crippen molar-refractivity contribution < 1.29 is 23.8 Å². The lowest BCUT2D eigenvalue weighted by molar-refractivity contribution is -0.122. The molecule has 7 heteroatoms. The van der Waals surface area contributed by atoms with E-state index in [-0.39, 0.29) is 25.2 Å². The Morgan fingerprint density at radius 2 is 1.57 bits per heavy atom. The van der Waals surface area contributed by atoms with Gasteiger partial charge in [-0.2, -0.15) is 0 Å². The first-order valence-corrected chi connectivity index (χ1v) is 13.4. The van der Waals surface area contributed by atoms with Crippen LogP contribution in [-0.4, -0.2) is 31.8 Å². The van der Waals surface area contributed by atoms with Crippen LogP contribution in [0.1, 0.15) is 38.2 Å². The van der Waals surface area contributed by atoms with E-state index < -0.39 is 5.41 Å². The average Bonchev–Trinajstić information content (AvgIpc) is 3.66. The molecule has 40 heavy (non-hydrogen) atoms. The molecule has 1 N–H and O–H groups in total. The molecule has 7 rings (SSSR count). The highest BCUT2D eigenvalue weighted by molar-refractivity contribution is 6.11. The summed E-state index contributed by atoms with van der Waals surface area (Å²) in [5.41, 5.74) is 5.57. The first-order chi connectivity index (χ1) is 19.5. The van der Waals surface area contributed by atoms with E-state index in [1.165, 1.54) is 11.1 Å². The molecule has 0 bridgehead atoms. The van der Waals surface area contributed by atoms with Crippen LogP contribution in [0.2, 0.25) is 0 Å². The van der Waals surface area contributed by atoms with Gasteiger partial charge in [-0.15, -0.1) is 0 Å². The lowest BCUT2D eigenvalue weighted by atomic mass is 9.77. The summed E-state index contributed by atoms with van der Waals surface area (Å²) < 4.78 is 17.2. The molecule has 0 aromatic heterocycles. The number of amides is 2. The van der Waals surface area contributed by atoms with Crippen molar-refractivity contribution in [1.82, 2.24) is 5.32 Å². The quantitative estimate of drug-likeness (QED) is 0.382. The van der Waals surface area contributed by atoms with Crippen molar-refractivity contribution in [2.45, 2.75) is 25.3 Å². The molecule has 4 aromatic carbocycles. The maximum absolute atomic E-state index is 14.2. The van der Waals surface area contributed by atoms with E-state index in [4.69, 9.17) is 14.2 Å². The largest absolute Gasteiger partial charge is 0.491 e. The van der Waals surface area contributed by atoms with Gasteiger partial charge in [0, 0.05) is 29.4 Å². The van der Waals surface area contributed by atoms with Gasteiger partial charge >= 0.3 is 0 Å². The van der Waals surface area contributed by atoms with E-state index in [0.717, 1.165) is 28.8 Å². The zero-order chi connectivity index (χ0) is 27.3. The fourth-order valence-electron chi connectivity index (χ4n) is 5.84. The number of nitrogens with one attached hydrogen (secondary N) is 1. The lowest BCUT2D eigenvalue weighted by Crippen LogP contribution is -2.42. The van der Waals surface area contributed by atoms with E-state index in [2.05, 4.69) is 36.5 Å². The summed E-state index contributed by atoms with van der Waals surface area (Å²) in [6, 6.07) is 27.3. The Hall–Kier alpha value is -4.78. The van der Waals surface area contributed by atoms with E-state index in [1.807, 2.05) is 65.6 Å². The van der Waals surface area contributed by atoms with Crippen molar-refractivity contribution in [3.05, 3.63) is 118 Å². The van der Waals surface area contributed by atoms with Crippen molar-refractivity contribution in [2.75, 3.05) is 24.8 Å². The molecule has 1 spiro atoms. The van der Waals surface area contributed by atoms with Crippen molar-refractivity contribution in [3.8, 4) is 17.2 Å². The molecule has 7 nitrogen and oxygen atoms in total. The maximum atomic E-state index is 14.2. The van der Waals surface area contributed by atoms with Crippen molar-refractivity contribution in [1.29, 1.82) is 0 Å². The molecule has 4 aromatic rings. The minimum Gasteiger partial charge on any atom is -0.491 e. The van der Waals surface area contributed by atoms with Gasteiger partial charge in [0.05, 0.1) is 6.54 Å². The van der Waals surface area contributed by atoms with Crippen molar-refractivity contribution in [3.63, 3.8) is 0 Å². The standard InChI is InChI=1S/C33H28N2O5/c1-21-6-8-22(9-7-21)14-15-34-31(36)24-12-10-23(11-13-24)18-35-27-5-3-2-4-25(27)33(32(35)37)19-38-28-17-30-29(16-26(28)33)39-20-40-30/h2-13,16-17H,14-15,18-20H2,1H3,(H,34,36). The average molecular weight is 533 g/mol. The molecule has 3 aliphatic heterocycles. The van der Waals surface area contributed by atoms with Crippen molar-refractivity contribution in [2.24, 2.45) is 0 Å². The fraction of sp³-hybridized carbons (Fsp3) is 0.212. The second-order valence-corrected chi connectivity index (χ2v) is 10.5. The summed E-state index contributed by atoms with van der Waals surface area (Å²) in [4.78, 5) is 28.7.